The quantitative estimate of drug-likeness (QED) is 0.812. The molecule has 0 aromatic heterocycles. The van der Waals surface area contributed by atoms with Crippen LogP contribution in [-0.4, -0.2) is 41.5 Å². The predicted octanol–water partition coefficient (Wildman–Crippen LogP) is 2.88. The van der Waals surface area contributed by atoms with Gasteiger partial charge in [0.05, 0.1) is 6.10 Å². The van der Waals surface area contributed by atoms with Crippen molar-refractivity contribution in [3.05, 3.63) is 35.9 Å². The number of aliphatic hydroxyl groups excluding tert-OH is 1. The van der Waals surface area contributed by atoms with Crippen LogP contribution in [0.1, 0.15) is 48.9 Å². The van der Waals surface area contributed by atoms with E-state index >= 15 is 0 Å². The lowest BCUT2D eigenvalue weighted by Crippen LogP contribution is -2.43. The van der Waals surface area contributed by atoms with Gasteiger partial charge in [-0.2, -0.15) is 0 Å². The molecule has 2 atom stereocenters. The van der Waals surface area contributed by atoms with Crippen LogP contribution in [0.25, 0.3) is 0 Å². The van der Waals surface area contributed by atoms with E-state index in [1.54, 1.807) is 0 Å². The number of likely N-dealkylation sites (N-methyl/N-ethyl adjacent to an activating group) is 1. The van der Waals surface area contributed by atoms with Crippen LogP contribution >= 0.6 is 0 Å². The van der Waals surface area contributed by atoms with Gasteiger partial charge in [0.2, 0.25) is 0 Å². The van der Waals surface area contributed by atoms with Gasteiger partial charge in [0.15, 0.2) is 5.78 Å². The van der Waals surface area contributed by atoms with E-state index in [1.165, 1.54) is 6.42 Å². The van der Waals surface area contributed by atoms with Gasteiger partial charge in [0, 0.05) is 18.0 Å². The Morgan fingerprint density at radius 3 is 2.65 bits per heavy atom. The number of nitrogens with zero attached hydrogens (tertiary/aromatic N) is 1. The third-order valence-corrected chi connectivity index (χ3v) is 4.27. The Morgan fingerprint density at radius 1 is 1.25 bits per heavy atom. The second-order valence-electron chi connectivity index (χ2n) is 5.79. The van der Waals surface area contributed by atoms with E-state index in [1.807, 2.05) is 30.3 Å². The standard InChI is InChI=1S/C17H25NO2/c1-18(15-10-5-6-11-17(15)20)13-7-12-16(19)14-8-3-2-4-9-14/h2-4,8-9,15,17,20H,5-7,10-13H2,1H3. The van der Waals surface area contributed by atoms with Crippen LogP contribution in [0.5, 0.6) is 0 Å². The molecule has 1 fully saturated rings. The van der Waals surface area contributed by atoms with Crippen molar-refractivity contribution in [1.82, 2.24) is 4.90 Å². The lowest BCUT2D eigenvalue weighted by Gasteiger charge is -2.35. The molecule has 0 aliphatic heterocycles. The molecular formula is C17H25NO2. The van der Waals surface area contributed by atoms with Gasteiger partial charge in [-0.05, 0) is 32.9 Å². The second-order valence-corrected chi connectivity index (χ2v) is 5.79. The lowest BCUT2D eigenvalue weighted by molar-refractivity contribution is 0.0316. The first-order valence-corrected chi connectivity index (χ1v) is 7.65. The van der Waals surface area contributed by atoms with Crippen LogP contribution in [0.15, 0.2) is 30.3 Å². The van der Waals surface area contributed by atoms with E-state index in [-0.39, 0.29) is 17.9 Å². The molecule has 0 bridgehead atoms. The van der Waals surface area contributed by atoms with Crippen LogP contribution in [0.3, 0.4) is 0 Å². The van der Waals surface area contributed by atoms with Crippen LogP contribution < -0.4 is 0 Å². The summed E-state index contributed by atoms with van der Waals surface area (Å²) in [5.74, 6) is 0.211. The highest BCUT2D eigenvalue weighted by atomic mass is 16.3. The van der Waals surface area contributed by atoms with Gasteiger partial charge < -0.3 is 10.0 Å². The molecule has 0 saturated heterocycles. The molecule has 0 amide bonds. The number of aliphatic hydroxyl groups is 1. The third kappa shape index (κ3) is 4.15. The van der Waals surface area contributed by atoms with Crippen LogP contribution in [-0.2, 0) is 0 Å². The van der Waals surface area contributed by atoms with Gasteiger partial charge in [0.25, 0.3) is 0 Å². The van der Waals surface area contributed by atoms with Crippen LogP contribution in [0.4, 0.5) is 0 Å². The maximum absolute atomic E-state index is 12.0. The number of ketones is 1. The number of hydrogen-bond acceptors (Lipinski definition) is 3. The van der Waals surface area contributed by atoms with Crippen molar-refractivity contribution in [2.45, 2.75) is 50.7 Å². The van der Waals surface area contributed by atoms with Crippen LogP contribution in [0, 0.1) is 0 Å². The summed E-state index contributed by atoms with van der Waals surface area (Å²) in [5, 5.41) is 10.0. The van der Waals surface area contributed by atoms with E-state index in [0.29, 0.717) is 6.42 Å². The maximum Gasteiger partial charge on any atom is 0.162 e. The molecule has 1 aromatic carbocycles. The topological polar surface area (TPSA) is 40.5 Å². The first-order chi connectivity index (χ1) is 9.68. The van der Waals surface area contributed by atoms with Crippen LogP contribution in [0.2, 0.25) is 0 Å². The molecule has 1 aromatic rings. The van der Waals surface area contributed by atoms with Crippen molar-refractivity contribution >= 4 is 5.78 Å². The average molecular weight is 275 g/mol. The van der Waals surface area contributed by atoms with Gasteiger partial charge in [-0.15, -0.1) is 0 Å². The van der Waals surface area contributed by atoms with Crippen molar-refractivity contribution in [2.75, 3.05) is 13.6 Å². The summed E-state index contributed by atoms with van der Waals surface area (Å²) in [5.41, 5.74) is 0.799. The number of benzene rings is 1. The van der Waals surface area contributed by atoms with E-state index in [9.17, 15) is 9.90 Å². The average Bonchev–Trinajstić information content (AvgIpc) is 2.48. The summed E-state index contributed by atoms with van der Waals surface area (Å²) in [6, 6.07) is 9.74. The Bertz CT molecular complexity index is 418. The smallest absolute Gasteiger partial charge is 0.162 e. The number of rotatable bonds is 6. The molecule has 2 rings (SSSR count). The molecule has 3 nitrogen and oxygen atoms in total. The minimum absolute atomic E-state index is 0.196. The van der Waals surface area contributed by atoms with Crippen molar-refractivity contribution in [2.24, 2.45) is 0 Å². The maximum atomic E-state index is 12.0. The zero-order valence-electron chi connectivity index (χ0n) is 12.3. The van der Waals surface area contributed by atoms with Crippen molar-refractivity contribution in [1.29, 1.82) is 0 Å². The summed E-state index contributed by atoms with van der Waals surface area (Å²) in [4.78, 5) is 14.2. The van der Waals surface area contributed by atoms with Gasteiger partial charge in [-0.1, -0.05) is 43.2 Å². The fraction of sp³-hybridized carbons (Fsp3) is 0.588. The molecule has 0 radical (unpaired) electrons. The number of carbonyl (C=O) groups excluding carboxylic acids is 1. The summed E-state index contributed by atoms with van der Waals surface area (Å²) in [7, 11) is 2.06. The second kappa shape index (κ2) is 7.55. The molecule has 1 saturated carbocycles. The van der Waals surface area contributed by atoms with E-state index in [0.717, 1.165) is 37.8 Å². The van der Waals surface area contributed by atoms with Gasteiger partial charge in [0.1, 0.15) is 0 Å². The molecule has 1 aliphatic rings. The van der Waals surface area contributed by atoms with Crippen molar-refractivity contribution in [3.63, 3.8) is 0 Å². The Balaban J connectivity index is 1.74. The van der Waals surface area contributed by atoms with Gasteiger partial charge in [-0.3, -0.25) is 4.79 Å². The van der Waals surface area contributed by atoms with Gasteiger partial charge in [-0.25, -0.2) is 0 Å². The summed E-state index contributed by atoms with van der Waals surface area (Å²) >= 11 is 0. The highest BCUT2D eigenvalue weighted by Gasteiger charge is 2.26. The highest BCUT2D eigenvalue weighted by molar-refractivity contribution is 5.95. The molecule has 2 unspecified atom stereocenters. The number of Topliss-reactive ketones (excluding diaryl/α,β-unsaturated/α-hetero) is 1. The molecule has 0 spiro atoms. The highest BCUT2D eigenvalue weighted by Crippen LogP contribution is 2.22. The summed E-state index contributed by atoms with van der Waals surface area (Å²) in [6.07, 6.45) is 5.57. The van der Waals surface area contributed by atoms with E-state index < -0.39 is 0 Å². The van der Waals surface area contributed by atoms with E-state index in [2.05, 4.69) is 11.9 Å². The summed E-state index contributed by atoms with van der Waals surface area (Å²) in [6.45, 7) is 0.875. The minimum Gasteiger partial charge on any atom is -0.391 e. The Kier molecular flexibility index (Phi) is 5.74. The van der Waals surface area contributed by atoms with Crippen molar-refractivity contribution < 1.29 is 9.90 Å². The minimum atomic E-state index is -0.196. The SMILES string of the molecule is CN(CCCC(=O)c1ccccc1)C1CCCCC1O. The monoisotopic (exact) mass is 275 g/mol. The lowest BCUT2D eigenvalue weighted by atomic mass is 9.91. The molecule has 1 aliphatic carbocycles. The Hall–Kier alpha value is -1.19. The fourth-order valence-electron chi connectivity index (χ4n) is 3.03. The number of carbonyl (C=O) groups is 1. The molecule has 110 valence electrons. The first-order valence-electron chi connectivity index (χ1n) is 7.65. The first kappa shape index (κ1) is 15.2. The van der Waals surface area contributed by atoms with Crippen molar-refractivity contribution in [3.8, 4) is 0 Å². The molecule has 20 heavy (non-hydrogen) atoms. The molecular weight excluding hydrogens is 250 g/mol. The largest absolute Gasteiger partial charge is 0.391 e. The summed E-state index contributed by atoms with van der Waals surface area (Å²) < 4.78 is 0. The molecule has 0 heterocycles. The fourth-order valence-corrected chi connectivity index (χ4v) is 3.03. The predicted molar refractivity (Wildman–Crippen MR) is 80.9 cm³/mol. The van der Waals surface area contributed by atoms with Gasteiger partial charge >= 0.3 is 0 Å². The molecule has 1 N–H and O–H groups in total. The normalized spacial score (nSPS) is 22.9. The Labute approximate surface area is 121 Å². The third-order valence-electron chi connectivity index (χ3n) is 4.27. The zero-order valence-corrected chi connectivity index (χ0v) is 12.3. The molecule has 3 heteroatoms. The van der Waals surface area contributed by atoms with E-state index in [4.69, 9.17) is 0 Å². The number of hydrogen-bond donors (Lipinski definition) is 1. The Morgan fingerprint density at radius 2 is 1.95 bits per heavy atom. The zero-order chi connectivity index (χ0) is 14.4.